The number of nitrogens with zero attached hydrogens (tertiary/aromatic N) is 1. The predicted octanol–water partition coefficient (Wildman–Crippen LogP) is 6.87. The molecule has 0 N–H and O–H groups in total. The van der Waals surface area contributed by atoms with Gasteiger partial charge in [-0.1, -0.05) is 57.6 Å². The Hall–Kier alpha value is -2.67. The van der Waals surface area contributed by atoms with Gasteiger partial charge < -0.3 is 4.74 Å². The number of esters is 1. The molecule has 0 spiro atoms. The molecule has 0 fully saturated rings. The molecule has 2 aromatic rings. The maximum absolute atomic E-state index is 13.8. The highest BCUT2D eigenvalue weighted by atomic mass is 19.1. The third-order valence-corrected chi connectivity index (χ3v) is 7.47. The van der Waals surface area contributed by atoms with Crippen molar-refractivity contribution in [2.75, 3.05) is 0 Å². The van der Waals surface area contributed by atoms with E-state index < -0.39 is 5.82 Å². The van der Waals surface area contributed by atoms with Crippen molar-refractivity contribution in [3.8, 4) is 11.8 Å². The Bertz CT molecular complexity index is 1040. The van der Waals surface area contributed by atoms with Crippen LogP contribution in [0.4, 0.5) is 4.39 Å². The van der Waals surface area contributed by atoms with Crippen molar-refractivity contribution in [3.05, 3.63) is 64.0 Å². The zero-order chi connectivity index (χ0) is 23.2. The maximum Gasteiger partial charge on any atom is 0.314 e. The van der Waals surface area contributed by atoms with Crippen LogP contribution in [0.1, 0.15) is 86.1 Å². The SMILES string of the molecule is CCCCCCC[C@H]1CCc2c(ccc3c2CC[C@H](C(=O)Oc2ccc(C#N)c(F)c2)C3)C1. The molecule has 0 aromatic heterocycles. The fourth-order valence-electron chi connectivity index (χ4n) is 5.58. The quantitative estimate of drug-likeness (QED) is 0.252. The van der Waals surface area contributed by atoms with E-state index in [1.807, 2.05) is 0 Å². The summed E-state index contributed by atoms with van der Waals surface area (Å²) >= 11 is 0. The summed E-state index contributed by atoms with van der Waals surface area (Å²) in [7, 11) is 0. The van der Waals surface area contributed by atoms with Crippen LogP contribution < -0.4 is 4.74 Å². The fourth-order valence-corrected chi connectivity index (χ4v) is 5.58. The van der Waals surface area contributed by atoms with Crippen LogP contribution >= 0.6 is 0 Å². The molecule has 3 nitrogen and oxygen atoms in total. The van der Waals surface area contributed by atoms with Crippen molar-refractivity contribution in [2.24, 2.45) is 11.8 Å². The van der Waals surface area contributed by atoms with Gasteiger partial charge in [0.05, 0.1) is 11.5 Å². The highest BCUT2D eigenvalue weighted by molar-refractivity contribution is 5.76. The van der Waals surface area contributed by atoms with Crippen LogP contribution in [0, 0.1) is 29.0 Å². The Morgan fingerprint density at radius 2 is 1.76 bits per heavy atom. The highest BCUT2D eigenvalue weighted by Gasteiger charge is 2.30. The molecule has 4 heteroatoms. The number of hydrogen-bond donors (Lipinski definition) is 0. The molecule has 2 aromatic carbocycles. The average molecular weight is 448 g/mol. The molecule has 2 aliphatic rings. The van der Waals surface area contributed by atoms with E-state index in [9.17, 15) is 9.18 Å². The normalized spacial score (nSPS) is 19.3. The molecule has 0 saturated carbocycles. The van der Waals surface area contributed by atoms with Gasteiger partial charge in [-0.15, -0.1) is 0 Å². The molecule has 0 heterocycles. The lowest BCUT2D eigenvalue weighted by atomic mass is 9.74. The summed E-state index contributed by atoms with van der Waals surface area (Å²) in [6.45, 7) is 2.26. The third kappa shape index (κ3) is 5.64. The monoisotopic (exact) mass is 447 g/mol. The van der Waals surface area contributed by atoms with Gasteiger partial charge in [-0.3, -0.25) is 4.79 Å². The largest absolute Gasteiger partial charge is 0.426 e. The second kappa shape index (κ2) is 11.0. The van der Waals surface area contributed by atoms with Crippen molar-refractivity contribution in [1.82, 2.24) is 0 Å². The Morgan fingerprint density at radius 1 is 1.03 bits per heavy atom. The number of benzene rings is 2. The van der Waals surface area contributed by atoms with E-state index in [0.29, 0.717) is 6.42 Å². The van der Waals surface area contributed by atoms with E-state index >= 15 is 0 Å². The van der Waals surface area contributed by atoms with E-state index in [1.165, 1.54) is 85.8 Å². The van der Waals surface area contributed by atoms with Gasteiger partial charge in [-0.25, -0.2) is 4.39 Å². The number of carbonyl (C=O) groups is 1. The standard InChI is InChI=1S/C29H34FNO2/c1-2-3-4-5-6-7-20-8-14-26-21(16-20)9-10-22-17-23(12-15-27(22)26)29(32)33-25-13-11-24(19-31)28(30)18-25/h9-11,13,18,20,23H,2-8,12,14-17H2,1H3/t20-,23-/m0/s1. The second-order valence-corrected chi connectivity index (χ2v) is 9.77. The second-order valence-electron chi connectivity index (χ2n) is 9.77. The van der Waals surface area contributed by atoms with E-state index in [2.05, 4.69) is 19.1 Å². The van der Waals surface area contributed by atoms with Crippen LogP contribution in [-0.2, 0) is 30.5 Å². The van der Waals surface area contributed by atoms with E-state index in [-0.39, 0.29) is 23.2 Å². The molecule has 0 saturated heterocycles. The first-order valence-electron chi connectivity index (χ1n) is 12.6. The molecule has 2 aliphatic carbocycles. The molecular formula is C29H34FNO2. The molecule has 0 amide bonds. The number of hydrogen-bond acceptors (Lipinski definition) is 3. The minimum atomic E-state index is -0.664. The lowest BCUT2D eigenvalue weighted by Crippen LogP contribution is -2.28. The van der Waals surface area contributed by atoms with Crippen LogP contribution in [0.5, 0.6) is 5.75 Å². The summed E-state index contributed by atoms with van der Waals surface area (Å²) in [5.74, 6) is -0.216. The van der Waals surface area contributed by atoms with Crippen LogP contribution in [0.25, 0.3) is 0 Å². The molecule has 4 rings (SSSR count). The molecule has 174 valence electrons. The van der Waals surface area contributed by atoms with Crippen LogP contribution in [0.15, 0.2) is 30.3 Å². The van der Waals surface area contributed by atoms with Crippen molar-refractivity contribution >= 4 is 5.97 Å². The van der Waals surface area contributed by atoms with Crippen molar-refractivity contribution < 1.29 is 13.9 Å². The summed E-state index contributed by atoms with van der Waals surface area (Å²) < 4.78 is 19.3. The molecule has 2 atom stereocenters. The highest BCUT2D eigenvalue weighted by Crippen LogP contribution is 2.37. The minimum absolute atomic E-state index is 0.0510. The Balaban J connectivity index is 1.35. The number of carbonyl (C=O) groups excluding carboxylic acids is 1. The molecule has 0 bridgehead atoms. The summed E-state index contributed by atoms with van der Waals surface area (Å²) in [6, 6.07) is 10.2. The smallest absolute Gasteiger partial charge is 0.314 e. The number of ether oxygens (including phenoxy) is 1. The first-order valence-corrected chi connectivity index (χ1v) is 12.6. The van der Waals surface area contributed by atoms with Gasteiger partial charge in [0, 0.05) is 6.07 Å². The summed E-state index contributed by atoms with van der Waals surface area (Å²) in [5, 5.41) is 8.86. The lowest BCUT2D eigenvalue weighted by molar-refractivity contribution is -0.139. The number of unbranched alkanes of at least 4 members (excludes halogenated alkanes) is 4. The van der Waals surface area contributed by atoms with Gasteiger partial charge in [0.1, 0.15) is 17.6 Å². The summed E-state index contributed by atoms with van der Waals surface area (Å²) in [4.78, 5) is 12.7. The Morgan fingerprint density at radius 3 is 2.48 bits per heavy atom. The molecule has 0 unspecified atom stereocenters. The zero-order valence-electron chi connectivity index (χ0n) is 19.7. The average Bonchev–Trinajstić information content (AvgIpc) is 2.83. The van der Waals surface area contributed by atoms with Gasteiger partial charge in [-0.05, 0) is 78.8 Å². The number of halogens is 1. The van der Waals surface area contributed by atoms with Gasteiger partial charge in [0.25, 0.3) is 0 Å². The lowest BCUT2D eigenvalue weighted by Gasteiger charge is -2.31. The van der Waals surface area contributed by atoms with E-state index in [1.54, 1.807) is 6.07 Å². The van der Waals surface area contributed by atoms with Gasteiger partial charge in [0.2, 0.25) is 0 Å². The van der Waals surface area contributed by atoms with E-state index in [4.69, 9.17) is 10.00 Å². The van der Waals surface area contributed by atoms with Crippen LogP contribution in [0.3, 0.4) is 0 Å². The number of rotatable bonds is 8. The van der Waals surface area contributed by atoms with Gasteiger partial charge >= 0.3 is 5.97 Å². The van der Waals surface area contributed by atoms with E-state index in [0.717, 1.165) is 31.2 Å². The zero-order valence-corrected chi connectivity index (χ0v) is 19.7. The minimum Gasteiger partial charge on any atom is -0.426 e. The van der Waals surface area contributed by atoms with Crippen molar-refractivity contribution in [3.63, 3.8) is 0 Å². The predicted molar refractivity (Wildman–Crippen MR) is 128 cm³/mol. The first kappa shape index (κ1) is 23.5. The molecule has 33 heavy (non-hydrogen) atoms. The Labute approximate surface area is 197 Å². The van der Waals surface area contributed by atoms with Gasteiger partial charge in [-0.2, -0.15) is 5.26 Å². The van der Waals surface area contributed by atoms with Crippen LogP contribution in [0.2, 0.25) is 0 Å². The molecule has 0 radical (unpaired) electrons. The number of fused-ring (bicyclic) bond motifs is 3. The molecule has 0 aliphatic heterocycles. The molecular weight excluding hydrogens is 413 g/mol. The number of nitriles is 1. The summed E-state index contributed by atoms with van der Waals surface area (Å²) in [6.07, 6.45) is 14.1. The summed E-state index contributed by atoms with van der Waals surface area (Å²) in [5.41, 5.74) is 5.74. The van der Waals surface area contributed by atoms with Gasteiger partial charge in [0.15, 0.2) is 0 Å². The first-order chi connectivity index (χ1) is 16.1. The van der Waals surface area contributed by atoms with Crippen molar-refractivity contribution in [1.29, 1.82) is 5.26 Å². The fraction of sp³-hybridized carbons (Fsp3) is 0.517. The maximum atomic E-state index is 13.8. The third-order valence-electron chi connectivity index (χ3n) is 7.47. The van der Waals surface area contributed by atoms with Crippen LogP contribution in [-0.4, -0.2) is 5.97 Å². The van der Waals surface area contributed by atoms with Crippen molar-refractivity contribution in [2.45, 2.75) is 84.0 Å². The topological polar surface area (TPSA) is 50.1 Å². The Kier molecular flexibility index (Phi) is 7.81.